The molecule has 308 valence electrons. The molecule has 1 aliphatic carbocycles. The van der Waals surface area contributed by atoms with Crippen LogP contribution in [0.3, 0.4) is 0 Å². The highest BCUT2D eigenvalue weighted by Gasteiger charge is 2.48. The zero-order valence-corrected chi connectivity index (χ0v) is 38.4. The highest BCUT2D eigenvalue weighted by Crippen LogP contribution is 2.57. The van der Waals surface area contributed by atoms with Crippen molar-refractivity contribution < 1.29 is 4.42 Å². The number of thiophene rings is 1. The Balaban J connectivity index is 1.23. The smallest absolute Gasteiger partial charge is 0.333 e. The van der Waals surface area contributed by atoms with Gasteiger partial charge in [0.25, 0.3) is 0 Å². The number of fused-ring (bicyclic) bond motifs is 19. The lowest BCUT2D eigenvalue weighted by Gasteiger charge is -2.43. The molecule has 5 heteroatoms. The van der Waals surface area contributed by atoms with Gasteiger partial charge in [-0.3, -0.25) is 0 Å². The van der Waals surface area contributed by atoms with Crippen molar-refractivity contribution in [3.63, 3.8) is 0 Å². The molecule has 14 rings (SSSR count). The lowest BCUT2D eigenvalue weighted by Crippen LogP contribution is -2.60. The standard InChI is InChI=1S/C59H47BN2OS/c1-57(2,3)32-21-24-34(25-22-32)62-46-30-38-35-15-9-12-18-42(35)59(7,8)43(38)28-41(46)53-54-55-51(52-37-17-11-14-20-50(37)64-56(52)53)40-27-33(58(4,5)6)23-26-45(40)61(55)47-31-49-39(29-44(47)60(54)62)36-16-10-13-19-48(36)63-49/h9-31H,1-8H3. The van der Waals surface area contributed by atoms with Crippen LogP contribution < -0.4 is 15.7 Å². The van der Waals surface area contributed by atoms with Crippen molar-refractivity contribution in [3.8, 4) is 27.9 Å². The van der Waals surface area contributed by atoms with Crippen LogP contribution in [0.2, 0.25) is 0 Å². The van der Waals surface area contributed by atoms with Gasteiger partial charge in [0.15, 0.2) is 0 Å². The number of furan rings is 1. The summed E-state index contributed by atoms with van der Waals surface area (Å²) in [6, 6.07) is 53.6. The summed E-state index contributed by atoms with van der Waals surface area (Å²) in [5, 5.41) is 7.67. The van der Waals surface area contributed by atoms with Gasteiger partial charge >= 0.3 is 6.85 Å². The monoisotopic (exact) mass is 842 g/mol. The SMILES string of the molecule is CC(C)(C)c1ccc(N2B3c4cc5c(cc4-n4c6ccc(C(C)(C)C)cc6c6c7c(sc8ccccc87)c(c3c64)-c3cc4c(cc32)-c2ccccc2C4(C)C)oc2ccccc25)cc1. The van der Waals surface area contributed by atoms with Crippen molar-refractivity contribution in [3.05, 3.63) is 162 Å². The number of hydrogen-bond acceptors (Lipinski definition) is 3. The molecule has 3 aromatic heterocycles. The Morgan fingerprint density at radius 2 is 1.28 bits per heavy atom. The Bertz CT molecular complexity index is 3900. The average molecular weight is 843 g/mol. The third-order valence-corrected chi connectivity index (χ3v) is 16.5. The number of rotatable bonds is 1. The van der Waals surface area contributed by atoms with Crippen LogP contribution in [-0.2, 0) is 16.2 Å². The van der Waals surface area contributed by atoms with Crippen molar-refractivity contribution in [1.82, 2.24) is 4.57 Å². The van der Waals surface area contributed by atoms with Gasteiger partial charge in [-0.2, -0.15) is 0 Å². The molecular formula is C59H47BN2OS. The van der Waals surface area contributed by atoms with E-state index in [2.05, 4.69) is 204 Å². The molecule has 0 unspecified atom stereocenters. The molecule has 64 heavy (non-hydrogen) atoms. The van der Waals surface area contributed by atoms with Gasteiger partial charge in [0, 0.05) is 81.4 Å². The Morgan fingerprint density at radius 1 is 0.562 bits per heavy atom. The first kappa shape index (κ1) is 36.9. The fraction of sp³-hybridized carbons (Fsp3) is 0.186. The van der Waals surface area contributed by atoms with Crippen LogP contribution in [0.4, 0.5) is 11.4 Å². The second kappa shape index (κ2) is 12.0. The van der Waals surface area contributed by atoms with E-state index >= 15 is 0 Å². The predicted molar refractivity (Wildman–Crippen MR) is 275 cm³/mol. The topological polar surface area (TPSA) is 21.3 Å². The van der Waals surface area contributed by atoms with Crippen molar-refractivity contribution in [2.45, 2.75) is 71.6 Å². The van der Waals surface area contributed by atoms with Crippen LogP contribution >= 0.6 is 11.3 Å². The first-order chi connectivity index (χ1) is 30.8. The van der Waals surface area contributed by atoms with E-state index in [0.717, 1.165) is 21.9 Å². The Kier molecular flexibility index (Phi) is 6.89. The Hall–Kier alpha value is -6.56. The second-order valence-corrected chi connectivity index (χ2v) is 22.3. The quantitative estimate of drug-likeness (QED) is 0.154. The van der Waals surface area contributed by atoms with E-state index in [1.165, 1.54) is 114 Å². The molecule has 8 aromatic carbocycles. The molecular weight excluding hydrogens is 796 g/mol. The summed E-state index contributed by atoms with van der Waals surface area (Å²) in [6.07, 6.45) is 0. The maximum Gasteiger partial charge on any atom is 0.333 e. The lowest BCUT2D eigenvalue weighted by atomic mass is 9.43. The maximum atomic E-state index is 6.77. The summed E-state index contributed by atoms with van der Waals surface area (Å²) in [5.41, 5.74) is 21.4. The minimum absolute atomic E-state index is 0.0204. The molecule has 2 aliphatic heterocycles. The highest BCUT2D eigenvalue weighted by molar-refractivity contribution is 7.27. The molecule has 3 aliphatic rings. The van der Waals surface area contributed by atoms with Gasteiger partial charge in [0.05, 0.1) is 11.0 Å². The van der Waals surface area contributed by atoms with Crippen LogP contribution in [0, 0.1) is 0 Å². The van der Waals surface area contributed by atoms with Crippen LogP contribution in [0.25, 0.3) is 91.9 Å². The summed E-state index contributed by atoms with van der Waals surface area (Å²) in [5.74, 6) is 0. The minimum Gasteiger partial charge on any atom is -0.456 e. The van der Waals surface area contributed by atoms with Gasteiger partial charge in [-0.25, -0.2) is 0 Å². The molecule has 0 amide bonds. The molecule has 0 N–H and O–H groups in total. The number of aromatic nitrogens is 1. The minimum atomic E-state index is -0.156. The molecule has 0 bridgehead atoms. The van der Waals surface area contributed by atoms with Gasteiger partial charge < -0.3 is 13.8 Å². The first-order valence-corrected chi connectivity index (χ1v) is 23.7. The van der Waals surface area contributed by atoms with Crippen molar-refractivity contribution in [2.75, 3.05) is 4.81 Å². The van der Waals surface area contributed by atoms with Crippen LogP contribution in [0.1, 0.15) is 77.6 Å². The van der Waals surface area contributed by atoms with Crippen molar-refractivity contribution in [1.29, 1.82) is 0 Å². The number of para-hydroxylation sites is 1. The third-order valence-electron chi connectivity index (χ3n) is 15.3. The molecule has 0 spiro atoms. The zero-order chi connectivity index (χ0) is 43.3. The van der Waals surface area contributed by atoms with Crippen LogP contribution in [0.5, 0.6) is 0 Å². The molecule has 0 fully saturated rings. The number of nitrogens with zero attached hydrogens (tertiary/aromatic N) is 2. The maximum absolute atomic E-state index is 6.77. The molecule has 0 saturated carbocycles. The number of benzene rings is 8. The fourth-order valence-corrected chi connectivity index (χ4v) is 13.3. The average Bonchev–Trinajstić information content (AvgIpc) is 4.00. The van der Waals surface area contributed by atoms with Gasteiger partial charge in [0.2, 0.25) is 0 Å². The first-order valence-electron chi connectivity index (χ1n) is 22.9. The molecule has 0 radical (unpaired) electrons. The number of anilines is 2. The third kappa shape index (κ3) is 4.58. The second-order valence-electron chi connectivity index (χ2n) is 21.3. The summed E-state index contributed by atoms with van der Waals surface area (Å²) in [4.78, 5) is 2.71. The molecule has 5 heterocycles. The number of hydrogen-bond donors (Lipinski definition) is 0. The van der Waals surface area contributed by atoms with E-state index < -0.39 is 0 Å². The van der Waals surface area contributed by atoms with E-state index in [4.69, 9.17) is 4.42 Å². The Labute approximate surface area is 377 Å². The van der Waals surface area contributed by atoms with E-state index in [-0.39, 0.29) is 23.1 Å². The van der Waals surface area contributed by atoms with Crippen molar-refractivity contribution >= 4 is 104 Å². The summed E-state index contributed by atoms with van der Waals surface area (Å²) in [6.45, 7) is 18.7. The van der Waals surface area contributed by atoms with Crippen molar-refractivity contribution in [2.24, 2.45) is 0 Å². The molecule has 0 atom stereocenters. The van der Waals surface area contributed by atoms with Gasteiger partial charge in [-0.1, -0.05) is 140 Å². The highest BCUT2D eigenvalue weighted by atomic mass is 32.1. The summed E-state index contributed by atoms with van der Waals surface area (Å²) < 4.78 is 12.1. The summed E-state index contributed by atoms with van der Waals surface area (Å²) in [7, 11) is 0. The van der Waals surface area contributed by atoms with E-state index in [1.807, 2.05) is 11.3 Å². The van der Waals surface area contributed by atoms with E-state index in [1.54, 1.807) is 0 Å². The molecule has 3 nitrogen and oxygen atoms in total. The Morgan fingerprint density at radius 3 is 2.08 bits per heavy atom. The van der Waals surface area contributed by atoms with E-state index in [0.29, 0.717) is 0 Å². The summed E-state index contributed by atoms with van der Waals surface area (Å²) >= 11 is 1.97. The fourth-order valence-electron chi connectivity index (χ4n) is 12.1. The van der Waals surface area contributed by atoms with Crippen LogP contribution in [-0.4, -0.2) is 11.4 Å². The zero-order valence-electron chi connectivity index (χ0n) is 37.6. The predicted octanol–water partition coefficient (Wildman–Crippen LogP) is 15.2. The van der Waals surface area contributed by atoms with Crippen LogP contribution in [0.15, 0.2) is 144 Å². The molecule has 11 aromatic rings. The van der Waals surface area contributed by atoms with E-state index in [9.17, 15) is 0 Å². The molecule has 0 saturated heterocycles. The lowest BCUT2D eigenvalue weighted by molar-refractivity contribution is 0.590. The van der Waals surface area contributed by atoms with Gasteiger partial charge in [-0.05, 0) is 104 Å². The largest absolute Gasteiger partial charge is 0.456 e. The van der Waals surface area contributed by atoms with Gasteiger partial charge in [-0.15, -0.1) is 11.3 Å². The van der Waals surface area contributed by atoms with Gasteiger partial charge in [0.1, 0.15) is 11.2 Å². The normalized spacial score (nSPS) is 14.9.